The van der Waals surface area contributed by atoms with E-state index in [4.69, 9.17) is 16.3 Å². The van der Waals surface area contributed by atoms with Crippen LogP contribution in [0, 0.1) is 0 Å². The van der Waals surface area contributed by atoms with E-state index in [2.05, 4.69) is 21.2 Å². The maximum Gasteiger partial charge on any atom is 0.287 e. The molecule has 1 aromatic carbocycles. The quantitative estimate of drug-likeness (QED) is 0.669. The molecular formula is C11H13BrClNO2. The van der Waals surface area contributed by atoms with Crippen LogP contribution >= 0.6 is 27.5 Å². The Bertz CT molecular complexity index is 371. The Morgan fingerprint density at radius 2 is 2.31 bits per heavy atom. The van der Waals surface area contributed by atoms with Gasteiger partial charge in [0.1, 0.15) is 5.75 Å². The molecule has 0 aliphatic heterocycles. The lowest BCUT2D eigenvalue weighted by Crippen LogP contribution is -2.18. The van der Waals surface area contributed by atoms with Gasteiger partial charge in [0.2, 0.25) is 0 Å². The molecule has 88 valence electrons. The Morgan fingerprint density at radius 3 is 2.88 bits per heavy atom. The van der Waals surface area contributed by atoms with E-state index >= 15 is 0 Å². The first-order chi connectivity index (χ1) is 7.63. The SMILES string of the molecule is CCOc1ccc(CCNC(=O)Br)cc1Cl. The van der Waals surface area contributed by atoms with Crippen molar-refractivity contribution in [3.05, 3.63) is 28.8 Å². The monoisotopic (exact) mass is 305 g/mol. The van der Waals surface area contributed by atoms with Gasteiger partial charge >= 0.3 is 0 Å². The predicted octanol–water partition coefficient (Wildman–Crippen LogP) is 3.39. The summed E-state index contributed by atoms with van der Waals surface area (Å²) in [7, 11) is 0. The molecule has 0 aromatic heterocycles. The van der Waals surface area contributed by atoms with Crippen molar-refractivity contribution in [2.24, 2.45) is 0 Å². The van der Waals surface area contributed by atoms with Gasteiger partial charge < -0.3 is 10.1 Å². The smallest absolute Gasteiger partial charge is 0.287 e. The zero-order chi connectivity index (χ0) is 12.0. The molecule has 0 unspecified atom stereocenters. The Hall–Kier alpha value is -0.740. The molecule has 16 heavy (non-hydrogen) atoms. The molecule has 0 spiro atoms. The fraction of sp³-hybridized carbons (Fsp3) is 0.364. The number of nitrogens with one attached hydrogen (secondary N) is 1. The number of rotatable bonds is 5. The molecule has 0 fully saturated rings. The van der Waals surface area contributed by atoms with Crippen LogP contribution in [-0.4, -0.2) is 18.0 Å². The first-order valence-electron chi connectivity index (χ1n) is 4.98. The average molecular weight is 307 g/mol. The summed E-state index contributed by atoms with van der Waals surface area (Å²) in [5.74, 6) is 0.692. The summed E-state index contributed by atoms with van der Waals surface area (Å²) in [4.78, 5) is 10.4. The molecule has 0 radical (unpaired) electrons. The van der Waals surface area contributed by atoms with Gasteiger partial charge in [0, 0.05) is 22.5 Å². The van der Waals surface area contributed by atoms with Crippen LogP contribution in [0.15, 0.2) is 18.2 Å². The van der Waals surface area contributed by atoms with Crippen molar-refractivity contribution in [1.29, 1.82) is 0 Å². The fourth-order valence-electron chi connectivity index (χ4n) is 1.28. The molecule has 0 aliphatic carbocycles. The van der Waals surface area contributed by atoms with Crippen LogP contribution in [0.2, 0.25) is 5.02 Å². The van der Waals surface area contributed by atoms with E-state index < -0.39 is 0 Å². The Labute approximate surface area is 108 Å². The maximum absolute atomic E-state index is 10.6. The van der Waals surface area contributed by atoms with Crippen molar-refractivity contribution in [2.45, 2.75) is 13.3 Å². The topological polar surface area (TPSA) is 38.3 Å². The average Bonchev–Trinajstić information content (AvgIpc) is 2.21. The Morgan fingerprint density at radius 1 is 1.56 bits per heavy atom. The molecule has 1 rings (SSSR count). The minimum absolute atomic E-state index is 0.204. The minimum Gasteiger partial charge on any atom is -0.492 e. The zero-order valence-corrected chi connectivity index (χ0v) is 11.3. The van der Waals surface area contributed by atoms with Crippen LogP contribution in [0.5, 0.6) is 5.75 Å². The second-order valence-electron chi connectivity index (χ2n) is 3.15. The van der Waals surface area contributed by atoms with Crippen molar-refractivity contribution in [3.63, 3.8) is 0 Å². The van der Waals surface area contributed by atoms with Crippen LogP contribution in [-0.2, 0) is 6.42 Å². The number of ether oxygens (including phenoxy) is 1. The summed E-state index contributed by atoms with van der Waals surface area (Å²) in [6.07, 6.45) is 0.740. The molecule has 0 atom stereocenters. The summed E-state index contributed by atoms with van der Waals surface area (Å²) < 4.78 is 5.33. The highest BCUT2D eigenvalue weighted by Crippen LogP contribution is 2.25. The minimum atomic E-state index is -0.204. The lowest BCUT2D eigenvalue weighted by atomic mass is 10.1. The van der Waals surface area contributed by atoms with Crippen LogP contribution in [0.1, 0.15) is 12.5 Å². The van der Waals surface area contributed by atoms with Gasteiger partial charge in [-0.05, 0) is 31.0 Å². The number of carbonyl (C=O) groups excluding carboxylic acids is 1. The van der Waals surface area contributed by atoms with E-state index in [1.165, 1.54) is 0 Å². The normalized spacial score (nSPS) is 9.94. The highest BCUT2D eigenvalue weighted by molar-refractivity contribution is 9.18. The van der Waals surface area contributed by atoms with E-state index in [0.717, 1.165) is 12.0 Å². The van der Waals surface area contributed by atoms with Gasteiger partial charge in [-0.2, -0.15) is 0 Å². The summed E-state index contributed by atoms with van der Waals surface area (Å²) in [5.41, 5.74) is 1.06. The summed E-state index contributed by atoms with van der Waals surface area (Å²) >= 11 is 8.83. The molecule has 0 heterocycles. The lowest BCUT2D eigenvalue weighted by Gasteiger charge is -2.07. The van der Waals surface area contributed by atoms with E-state index in [1.54, 1.807) is 0 Å². The molecular weight excluding hydrogens is 293 g/mol. The third-order valence-electron chi connectivity index (χ3n) is 1.97. The van der Waals surface area contributed by atoms with Crippen LogP contribution in [0.4, 0.5) is 4.79 Å². The molecule has 1 aromatic rings. The Balaban J connectivity index is 2.55. The maximum atomic E-state index is 10.6. The number of amides is 1. The fourth-order valence-corrected chi connectivity index (χ4v) is 1.73. The van der Waals surface area contributed by atoms with Gasteiger partial charge in [-0.3, -0.25) is 4.79 Å². The van der Waals surface area contributed by atoms with E-state index in [0.29, 0.717) is 23.9 Å². The predicted molar refractivity (Wildman–Crippen MR) is 68.7 cm³/mol. The van der Waals surface area contributed by atoms with Crippen molar-refractivity contribution in [2.75, 3.05) is 13.2 Å². The third-order valence-corrected chi connectivity index (χ3v) is 2.55. The molecule has 1 amide bonds. The molecule has 1 N–H and O–H groups in total. The summed E-state index contributed by atoms with van der Waals surface area (Å²) in [5, 5.41) is 3.26. The van der Waals surface area contributed by atoms with E-state index in [9.17, 15) is 4.79 Å². The molecule has 0 aliphatic rings. The van der Waals surface area contributed by atoms with Gasteiger partial charge in [-0.25, -0.2) is 0 Å². The van der Waals surface area contributed by atoms with E-state index in [-0.39, 0.29) is 4.82 Å². The zero-order valence-electron chi connectivity index (χ0n) is 8.93. The molecule has 5 heteroatoms. The number of benzene rings is 1. The van der Waals surface area contributed by atoms with Gasteiger partial charge in [-0.1, -0.05) is 17.7 Å². The summed E-state index contributed by atoms with van der Waals surface area (Å²) in [6, 6.07) is 5.64. The molecule has 0 saturated heterocycles. The lowest BCUT2D eigenvalue weighted by molar-refractivity contribution is 0.262. The third kappa shape index (κ3) is 4.41. The van der Waals surface area contributed by atoms with Crippen LogP contribution < -0.4 is 10.1 Å². The highest BCUT2D eigenvalue weighted by Gasteiger charge is 2.02. The highest BCUT2D eigenvalue weighted by atomic mass is 79.9. The first kappa shape index (κ1) is 13.3. The second-order valence-corrected chi connectivity index (χ2v) is 4.28. The van der Waals surface area contributed by atoms with Crippen molar-refractivity contribution >= 4 is 32.3 Å². The number of hydrogen-bond donors (Lipinski definition) is 1. The number of halogens is 2. The van der Waals surface area contributed by atoms with Gasteiger partial charge in [0.05, 0.1) is 11.6 Å². The van der Waals surface area contributed by atoms with Crippen molar-refractivity contribution in [1.82, 2.24) is 5.32 Å². The van der Waals surface area contributed by atoms with Crippen LogP contribution in [0.3, 0.4) is 0 Å². The van der Waals surface area contributed by atoms with Gasteiger partial charge in [0.25, 0.3) is 4.82 Å². The molecule has 0 saturated carbocycles. The van der Waals surface area contributed by atoms with Crippen LogP contribution in [0.25, 0.3) is 0 Å². The van der Waals surface area contributed by atoms with Gasteiger partial charge in [-0.15, -0.1) is 0 Å². The van der Waals surface area contributed by atoms with Crippen molar-refractivity contribution < 1.29 is 9.53 Å². The molecule has 0 bridgehead atoms. The second kappa shape index (κ2) is 6.76. The van der Waals surface area contributed by atoms with Crippen molar-refractivity contribution in [3.8, 4) is 5.75 Å². The standard InChI is InChI=1S/C11H13BrClNO2/c1-2-16-10-4-3-8(7-9(10)13)5-6-14-11(12)15/h3-4,7H,2,5-6H2,1H3,(H,14,15). The molecule has 3 nitrogen and oxygen atoms in total. The van der Waals surface area contributed by atoms with E-state index in [1.807, 2.05) is 25.1 Å². The number of carbonyl (C=O) groups is 1. The largest absolute Gasteiger partial charge is 0.492 e. The summed E-state index contributed by atoms with van der Waals surface area (Å²) in [6.45, 7) is 3.09. The first-order valence-corrected chi connectivity index (χ1v) is 6.15. The van der Waals surface area contributed by atoms with Gasteiger partial charge in [0.15, 0.2) is 0 Å². The number of hydrogen-bond acceptors (Lipinski definition) is 2. The Kier molecular flexibility index (Phi) is 5.63.